The van der Waals surface area contributed by atoms with Crippen LogP contribution in [0.2, 0.25) is 0 Å². The molecule has 24 heavy (non-hydrogen) atoms. The van der Waals surface area contributed by atoms with Gasteiger partial charge in [0, 0.05) is 26.3 Å². The molecule has 0 heterocycles. The fourth-order valence-corrected chi connectivity index (χ4v) is 1.80. The summed E-state index contributed by atoms with van der Waals surface area (Å²) in [5.74, 6) is -0.504. The summed E-state index contributed by atoms with van der Waals surface area (Å²) in [5, 5.41) is 5.32. The Hall–Kier alpha value is -1.50. The minimum Gasteiger partial charge on any atom is -0.378 e. The van der Waals surface area contributed by atoms with Crippen LogP contribution in [0.4, 0.5) is 5.69 Å². The van der Waals surface area contributed by atoms with E-state index in [1.165, 1.54) is 0 Å². The number of nitrogens with one attached hydrogen (secondary N) is 2. The van der Waals surface area contributed by atoms with Crippen LogP contribution in [0, 0.1) is 5.92 Å². The fourth-order valence-electron chi connectivity index (χ4n) is 1.80. The molecule has 0 aliphatic carbocycles. The van der Waals surface area contributed by atoms with E-state index >= 15 is 0 Å². The highest BCUT2D eigenvalue weighted by molar-refractivity contribution is 5.87. The van der Waals surface area contributed by atoms with Crippen molar-refractivity contribution in [2.24, 2.45) is 11.7 Å². The molecule has 4 N–H and O–H groups in total. The summed E-state index contributed by atoms with van der Waals surface area (Å²) in [6.07, 6.45) is 0. The van der Waals surface area contributed by atoms with E-state index in [4.69, 9.17) is 5.73 Å². The Morgan fingerprint density at radius 3 is 2.33 bits per heavy atom. The van der Waals surface area contributed by atoms with E-state index in [1.807, 2.05) is 57.1 Å². The highest BCUT2D eigenvalue weighted by Gasteiger charge is 2.17. The molecule has 1 rings (SSSR count). The first-order valence-electron chi connectivity index (χ1n) is 7.37. The molecule has 1 atom stereocenters. The van der Waals surface area contributed by atoms with Crippen molar-refractivity contribution in [1.29, 1.82) is 0 Å². The van der Waals surface area contributed by atoms with Crippen LogP contribution >= 0.6 is 24.8 Å². The summed E-state index contributed by atoms with van der Waals surface area (Å²) in [6.45, 7) is 4.09. The topological polar surface area (TPSA) is 87.5 Å². The summed E-state index contributed by atoms with van der Waals surface area (Å²) in [5.41, 5.74) is 7.78. The van der Waals surface area contributed by atoms with Gasteiger partial charge in [0.05, 0.1) is 12.6 Å². The molecule has 1 aromatic carbocycles. The Kier molecular flexibility index (Phi) is 12.3. The first-order chi connectivity index (χ1) is 10.3. The largest absolute Gasteiger partial charge is 0.378 e. The number of benzene rings is 1. The molecule has 6 nitrogen and oxygen atoms in total. The van der Waals surface area contributed by atoms with Crippen LogP contribution in [0.15, 0.2) is 24.3 Å². The Bertz CT molecular complexity index is 525. The van der Waals surface area contributed by atoms with Crippen LogP contribution in [0.5, 0.6) is 0 Å². The van der Waals surface area contributed by atoms with Crippen molar-refractivity contribution in [3.05, 3.63) is 29.8 Å². The lowest BCUT2D eigenvalue weighted by atomic mass is 10.1. The molecule has 1 aromatic rings. The number of carbonyl (C=O) groups excluding carboxylic acids is 2. The van der Waals surface area contributed by atoms with Gasteiger partial charge in [0.25, 0.3) is 0 Å². The molecule has 2 amide bonds. The smallest absolute Gasteiger partial charge is 0.239 e. The second-order valence-corrected chi connectivity index (χ2v) is 5.83. The maximum Gasteiger partial charge on any atom is 0.239 e. The monoisotopic (exact) mass is 378 g/mol. The van der Waals surface area contributed by atoms with Crippen molar-refractivity contribution in [3.8, 4) is 0 Å². The molecule has 0 radical (unpaired) electrons. The van der Waals surface area contributed by atoms with Crippen LogP contribution in [-0.4, -0.2) is 38.5 Å². The highest BCUT2D eigenvalue weighted by Crippen LogP contribution is 2.12. The second-order valence-electron chi connectivity index (χ2n) is 5.83. The number of nitrogens with two attached hydrogens (primary N) is 1. The number of rotatable bonds is 7. The third-order valence-corrected chi connectivity index (χ3v) is 3.36. The van der Waals surface area contributed by atoms with Crippen molar-refractivity contribution < 1.29 is 9.59 Å². The van der Waals surface area contributed by atoms with E-state index in [0.29, 0.717) is 6.54 Å². The van der Waals surface area contributed by atoms with E-state index in [1.54, 1.807) is 0 Å². The summed E-state index contributed by atoms with van der Waals surface area (Å²) in [4.78, 5) is 25.4. The SMILES string of the molecule is CC(C)[C@H](N)C(=O)NCC(=O)NCc1cccc(N(C)C)c1.Cl.Cl. The average molecular weight is 379 g/mol. The molecule has 8 heteroatoms. The molecule has 0 saturated carbocycles. The van der Waals surface area contributed by atoms with Gasteiger partial charge in [-0.05, 0) is 23.6 Å². The molecule has 138 valence electrons. The Morgan fingerprint density at radius 2 is 1.79 bits per heavy atom. The van der Waals surface area contributed by atoms with Crippen LogP contribution in [0.3, 0.4) is 0 Å². The number of amides is 2. The van der Waals surface area contributed by atoms with Gasteiger partial charge in [-0.2, -0.15) is 0 Å². The molecule has 0 unspecified atom stereocenters. The molecular weight excluding hydrogens is 351 g/mol. The zero-order valence-corrected chi connectivity index (χ0v) is 16.2. The predicted octanol–water partition coefficient (Wildman–Crippen LogP) is 1.31. The van der Waals surface area contributed by atoms with Gasteiger partial charge in [-0.25, -0.2) is 0 Å². The number of nitrogens with zero attached hydrogens (tertiary/aromatic N) is 1. The second kappa shape index (κ2) is 11.9. The number of hydrogen-bond acceptors (Lipinski definition) is 4. The van der Waals surface area contributed by atoms with E-state index in [-0.39, 0.29) is 49.1 Å². The molecule has 0 saturated heterocycles. The van der Waals surface area contributed by atoms with Crippen molar-refractivity contribution in [1.82, 2.24) is 10.6 Å². The molecule has 0 aliphatic rings. The molecule has 0 aliphatic heterocycles. The zero-order valence-electron chi connectivity index (χ0n) is 14.5. The molecule has 0 bridgehead atoms. The Balaban J connectivity index is 0. The normalized spacial score (nSPS) is 10.9. The van der Waals surface area contributed by atoms with Crippen LogP contribution in [0.25, 0.3) is 0 Å². The van der Waals surface area contributed by atoms with Gasteiger partial charge in [-0.1, -0.05) is 26.0 Å². The van der Waals surface area contributed by atoms with Gasteiger partial charge in [0.2, 0.25) is 11.8 Å². The molecular formula is C16H28Cl2N4O2. The van der Waals surface area contributed by atoms with Gasteiger partial charge in [-0.15, -0.1) is 24.8 Å². The third kappa shape index (κ3) is 8.38. The number of anilines is 1. The fraction of sp³-hybridized carbons (Fsp3) is 0.500. The Labute approximate surface area is 156 Å². The van der Waals surface area contributed by atoms with Crippen molar-refractivity contribution in [3.63, 3.8) is 0 Å². The minimum absolute atomic E-state index is 0. The van der Waals surface area contributed by atoms with Crippen LogP contribution < -0.4 is 21.3 Å². The average Bonchev–Trinajstić information content (AvgIpc) is 2.49. The van der Waals surface area contributed by atoms with Gasteiger partial charge in [0.1, 0.15) is 0 Å². The quantitative estimate of drug-likeness (QED) is 0.667. The van der Waals surface area contributed by atoms with Gasteiger partial charge in [0.15, 0.2) is 0 Å². The number of carbonyl (C=O) groups is 2. The summed E-state index contributed by atoms with van der Waals surface area (Å²) in [7, 11) is 3.93. The lowest BCUT2D eigenvalue weighted by Gasteiger charge is -2.15. The lowest BCUT2D eigenvalue weighted by molar-refractivity contribution is -0.127. The summed E-state index contributed by atoms with van der Waals surface area (Å²) in [6, 6.07) is 7.30. The van der Waals surface area contributed by atoms with Crippen molar-refractivity contribution >= 4 is 42.3 Å². The maximum absolute atomic E-state index is 11.8. The van der Waals surface area contributed by atoms with E-state index in [9.17, 15) is 9.59 Å². The third-order valence-electron chi connectivity index (χ3n) is 3.36. The van der Waals surface area contributed by atoms with Crippen molar-refractivity contribution in [2.75, 3.05) is 25.5 Å². The van der Waals surface area contributed by atoms with Crippen LogP contribution in [-0.2, 0) is 16.1 Å². The minimum atomic E-state index is -0.593. The lowest BCUT2D eigenvalue weighted by Crippen LogP contribution is -2.47. The predicted molar refractivity (Wildman–Crippen MR) is 103 cm³/mol. The van der Waals surface area contributed by atoms with Gasteiger partial charge >= 0.3 is 0 Å². The number of halogens is 2. The van der Waals surface area contributed by atoms with E-state index in [0.717, 1.165) is 11.3 Å². The molecule has 0 spiro atoms. The maximum atomic E-state index is 11.8. The standard InChI is InChI=1S/C16H26N4O2.2ClH/c1-11(2)15(17)16(22)19-10-14(21)18-9-12-6-5-7-13(8-12)20(3)4;;/h5-8,11,15H,9-10,17H2,1-4H3,(H,18,21)(H,19,22);2*1H/t15-;;/m0../s1. The molecule has 0 fully saturated rings. The van der Waals surface area contributed by atoms with Gasteiger partial charge in [-0.3, -0.25) is 9.59 Å². The summed E-state index contributed by atoms with van der Waals surface area (Å²) < 4.78 is 0. The van der Waals surface area contributed by atoms with Gasteiger partial charge < -0.3 is 21.3 Å². The van der Waals surface area contributed by atoms with Crippen LogP contribution in [0.1, 0.15) is 19.4 Å². The first kappa shape index (κ1) is 24.7. The Morgan fingerprint density at radius 1 is 1.17 bits per heavy atom. The van der Waals surface area contributed by atoms with E-state index in [2.05, 4.69) is 10.6 Å². The number of hydrogen-bond donors (Lipinski definition) is 3. The zero-order chi connectivity index (χ0) is 16.7. The summed E-state index contributed by atoms with van der Waals surface area (Å²) >= 11 is 0. The van der Waals surface area contributed by atoms with Crippen molar-refractivity contribution in [2.45, 2.75) is 26.4 Å². The van der Waals surface area contributed by atoms with E-state index < -0.39 is 6.04 Å². The molecule has 0 aromatic heterocycles. The highest BCUT2D eigenvalue weighted by atomic mass is 35.5. The first-order valence-corrected chi connectivity index (χ1v) is 7.37.